The minimum absolute atomic E-state index is 0.00668. The Morgan fingerprint density at radius 2 is 1.13 bits per heavy atom. The zero-order valence-electron chi connectivity index (χ0n) is 14.6. The first-order valence-electron chi connectivity index (χ1n) is 9.99. The Kier molecular flexibility index (Phi) is 5.98. The van der Waals surface area contributed by atoms with Gasteiger partial charge in [-0.1, -0.05) is 19.8 Å². The van der Waals surface area contributed by atoms with Crippen molar-refractivity contribution in [1.29, 1.82) is 0 Å². The van der Waals surface area contributed by atoms with Gasteiger partial charge in [-0.15, -0.1) is 0 Å². The third-order valence-corrected chi connectivity index (χ3v) is 7.21. The molecule has 3 heteroatoms. The lowest BCUT2D eigenvalue weighted by atomic mass is 9.66. The molecule has 0 aromatic heterocycles. The van der Waals surface area contributed by atoms with Crippen LogP contribution in [-0.4, -0.2) is 23.6 Å². The third-order valence-electron chi connectivity index (χ3n) is 7.21. The number of hydrogen-bond donors (Lipinski definition) is 1. The van der Waals surface area contributed by atoms with Gasteiger partial charge < -0.3 is 5.11 Å². The molecule has 134 valence electrons. The second-order valence-electron chi connectivity index (χ2n) is 8.84. The van der Waals surface area contributed by atoms with Crippen LogP contribution in [0.1, 0.15) is 77.6 Å². The van der Waals surface area contributed by atoms with Gasteiger partial charge in [0, 0.05) is 6.42 Å². The van der Waals surface area contributed by atoms with Crippen molar-refractivity contribution in [2.24, 2.45) is 29.6 Å². The molecule has 23 heavy (non-hydrogen) atoms. The molecule has 3 aliphatic rings. The summed E-state index contributed by atoms with van der Waals surface area (Å²) in [5.41, 5.74) is 0. The van der Waals surface area contributed by atoms with Gasteiger partial charge in [0.25, 0.3) is 0 Å². The van der Waals surface area contributed by atoms with Crippen LogP contribution in [0.15, 0.2) is 0 Å². The van der Waals surface area contributed by atoms with Gasteiger partial charge in [-0.25, -0.2) is 8.78 Å². The first kappa shape index (κ1) is 17.6. The molecule has 1 N–H and O–H groups in total. The second-order valence-corrected chi connectivity index (χ2v) is 8.84. The summed E-state index contributed by atoms with van der Waals surface area (Å²) in [5.74, 6) is 3.30. The summed E-state index contributed by atoms with van der Waals surface area (Å²) in [7, 11) is 0. The van der Waals surface area contributed by atoms with Crippen LogP contribution in [0.4, 0.5) is 8.78 Å². The molecule has 3 aliphatic carbocycles. The van der Waals surface area contributed by atoms with Crippen LogP contribution in [0.25, 0.3) is 0 Å². The Bertz CT molecular complexity index is 359. The average Bonchev–Trinajstić information content (AvgIpc) is 2.67. The highest BCUT2D eigenvalue weighted by Gasteiger charge is 2.38. The fraction of sp³-hybridized carbons (Fsp3) is 1.00. The highest BCUT2D eigenvalue weighted by Crippen LogP contribution is 2.45. The number of aliphatic hydroxyl groups is 1. The van der Waals surface area contributed by atoms with E-state index in [1.165, 1.54) is 38.5 Å². The first-order chi connectivity index (χ1) is 11.0. The summed E-state index contributed by atoms with van der Waals surface area (Å²) in [6, 6.07) is 0. The Hall–Kier alpha value is -0.180. The standard InChI is InChI=1S/C20H34F2O/c1-13-2-4-14(5-3-13)15-6-8-16(9-7-15)17-10-18(21)12-20(23)19(22)11-17/h13-20,23H,2-12H2,1H3. The van der Waals surface area contributed by atoms with E-state index in [0.29, 0.717) is 18.8 Å². The fourth-order valence-electron chi connectivity index (χ4n) is 5.61. The van der Waals surface area contributed by atoms with Gasteiger partial charge in [-0.3, -0.25) is 0 Å². The van der Waals surface area contributed by atoms with Crippen LogP contribution >= 0.6 is 0 Å². The molecular weight excluding hydrogens is 294 g/mol. The second kappa shape index (κ2) is 7.80. The third kappa shape index (κ3) is 4.46. The van der Waals surface area contributed by atoms with E-state index in [9.17, 15) is 13.9 Å². The van der Waals surface area contributed by atoms with Crippen LogP contribution in [-0.2, 0) is 0 Å². The number of halogens is 2. The lowest BCUT2D eigenvalue weighted by Crippen LogP contribution is -2.29. The Labute approximate surface area is 140 Å². The first-order valence-corrected chi connectivity index (χ1v) is 9.99. The molecule has 3 saturated carbocycles. The fourth-order valence-corrected chi connectivity index (χ4v) is 5.61. The molecule has 4 atom stereocenters. The normalized spacial score (nSPS) is 49.6. The van der Waals surface area contributed by atoms with Crippen LogP contribution in [0.5, 0.6) is 0 Å². The minimum atomic E-state index is -1.22. The number of aliphatic hydroxyl groups excluding tert-OH is 1. The van der Waals surface area contributed by atoms with Crippen LogP contribution < -0.4 is 0 Å². The van der Waals surface area contributed by atoms with E-state index in [1.807, 2.05) is 0 Å². The molecule has 3 fully saturated rings. The highest BCUT2D eigenvalue weighted by atomic mass is 19.1. The maximum absolute atomic E-state index is 14.0. The number of hydrogen-bond acceptors (Lipinski definition) is 1. The van der Waals surface area contributed by atoms with E-state index < -0.39 is 18.4 Å². The summed E-state index contributed by atoms with van der Waals surface area (Å²) < 4.78 is 28.0. The maximum Gasteiger partial charge on any atom is 0.126 e. The summed E-state index contributed by atoms with van der Waals surface area (Å²) in [5, 5.41) is 9.66. The molecule has 0 radical (unpaired) electrons. The van der Waals surface area contributed by atoms with E-state index in [4.69, 9.17) is 0 Å². The maximum atomic E-state index is 14.0. The molecule has 4 unspecified atom stereocenters. The molecule has 0 amide bonds. The number of alkyl halides is 2. The quantitative estimate of drug-likeness (QED) is 0.668. The van der Waals surface area contributed by atoms with Crippen molar-refractivity contribution in [3.8, 4) is 0 Å². The Morgan fingerprint density at radius 1 is 0.652 bits per heavy atom. The van der Waals surface area contributed by atoms with Gasteiger partial charge in [0.2, 0.25) is 0 Å². The molecule has 0 saturated heterocycles. The zero-order chi connectivity index (χ0) is 16.4. The lowest BCUT2D eigenvalue weighted by Gasteiger charge is -2.39. The summed E-state index contributed by atoms with van der Waals surface area (Å²) in [6.45, 7) is 2.37. The molecule has 3 rings (SSSR count). The largest absolute Gasteiger partial charge is 0.390 e. The molecule has 0 aromatic rings. The predicted molar refractivity (Wildman–Crippen MR) is 89.7 cm³/mol. The molecule has 0 aliphatic heterocycles. The SMILES string of the molecule is CC1CCC(C2CCC(C3CC(F)CC(O)C(F)C3)CC2)CC1. The number of rotatable bonds is 2. The van der Waals surface area contributed by atoms with Crippen molar-refractivity contribution >= 4 is 0 Å². The monoisotopic (exact) mass is 328 g/mol. The molecule has 0 bridgehead atoms. The lowest BCUT2D eigenvalue weighted by molar-refractivity contribution is 0.0520. The molecule has 0 heterocycles. The molecule has 0 aromatic carbocycles. The predicted octanol–water partition coefficient (Wildman–Crippen LogP) is 5.46. The van der Waals surface area contributed by atoms with Crippen molar-refractivity contribution in [1.82, 2.24) is 0 Å². The van der Waals surface area contributed by atoms with Crippen molar-refractivity contribution in [2.75, 3.05) is 0 Å². The average molecular weight is 328 g/mol. The van der Waals surface area contributed by atoms with E-state index in [1.54, 1.807) is 0 Å². The van der Waals surface area contributed by atoms with E-state index in [2.05, 4.69) is 6.92 Å². The smallest absolute Gasteiger partial charge is 0.126 e. The summed E-state index contributed by atoms with van der Waals surface area (Å²) >= 11 is 0. The molecular formula is C20H34F2O. The molecule has 1 nitrogen and oxygen atoms in total. The van der Waals surface area contributed by atoms with Gasteiger partial charge in [0.15, 0.2) is 0 Å². The Balaban J connectivity index is 1.50. The van der Waals surface area contributed by atoms with E-state index in [-0.39, 0.29) is 12.3 Å². The Morgan fingerprint density at radius 3 is 1.70 bits per heavy atom. The van der Waals surface area contributed by atoms with Crippen molar-refractivity contribution < 1.29 is 13.9 Å². The van der Waals surface area contributed by atoms with Gasteiger partial charge in [0.05, 0.1) is 6.10 Å². The zero-order valence-corrected chi connectivity index (χ0v) is 14.6. The van der Waals surface area contributed by atoms with Crippen LogP contribution in [0, 0.1) is 29.6 Å². The van der Waals surface area contributed by atoms with E-state index in [0.717, 1.165) is 30.6 Å². The van der Waals surface area contributed by atoms with Crippen molar-refractivity contribution in [2.45, 2.75) is 96.0 Å². The topological polar surface area (TPSA) is 20.2 Å². The molecule has 0 spiro atoms. The minimum Gasteiger partial charge on any atom is -0.390 e. The van der Waals surface area contributed by atoms with Gasteiger partial charge >= 0.3 is 0 Å². The van der Waals surface area contributed by atoms with Crippen LogP contribution in [0.3, 0.4) is 0 Å². The van der Waals surface area contributed by atoms with Gasteiger partial charge in [-0.2, -0.15) is 0 Å². The van der Waals surface area contributed by atoms with Gasteiger partial charge in [-0.05, 0) is 81.0 Å². The van der Waals surface area contributed by atoms with Crippen molar-refractivity contribution in [3.05, 3.63) is 0 Å². The van der Waals surface area contributed by atoms with Crippen molar-refractivity contribution in [3.63, 3.8) is 0 Å². The highest BCUT2D eigenvalue weighted by molar-refractivity contribution is 4.88. The van der Waals surface area contributed by atoms with Crippen LogP contribution in [0.2, 0.25) is 0 Å². The van der Waals surface area contributed by atoms with Gasteiger partial charge in [0.1, 0.15) is 12.3 Å². The van der Waals surface area contributed by atoms with E-state index >= 15 is 0 Å². The summed E-state index contributed by atoms with van der Waals surface area (Å²) in [4.78, 5) is 0. The summed E-state index contributed by atoms with van der Waals surface area (Å²) in [6.07, 6.45) is 7.88.